The molecule has 2 bridgehead atoms. The molecule has 3 N–H and O–H groups in total. The molecule has 8 nitrogen and oxygen atoms in total. The number of halogens is 1. The third-order valence-corrected chi connectivity index (χ3v) is 11.3. The number of carbonyl (C=O) groups is 1. The predicted octanol–water partition coefficient (Wildman–Crippen LogP) is 5.00. The van der Waals surface area contributed by atoms with Crippen molar-refractivity contribution in [2.75, 3.05) is 24.6 Å². The van der Waals surface area contributed by atoms with Gasteiger partial charge in [-0.1, -0.05) is 36.7 Å². The summed E-state index contributed by atoms with van der Waals surface area (Å²) in [7, 11) is -3.94. The number of sulfonamides is 1. The average Bonchev–Trinajstić information content (AvgIpc) is 2.97. The zero-order chi connectivity index (χ0) is 29.9. The third-order valence-electron chi connectivity index (χ3n) is 9.20. The van der Waals surface area contributed by atoms with Gasteiger partial charge in [0.05, 0.1) is 17.5 Å². The lowest BCUT2D eigenvalue weighted by atomic mass is 9.64. The Labute approximate surface area is 253 Å². The number of hydrogen-bond acceptors (Lipinski definition) is 7. The standard InChI is InChI=1S/C32H41ClN2O6S/c1-2-27-8-3-5-15-32(38,21-36)28-13-10-24(28)19-35-16-6-4-7-22-17-26(33)12-9-25(22)20-41-30-14-11-23(18-29(30)35)31(37)34-42(27,39)40/h5,9,11-12,14-15,17-18,24,27-28,36,38H,2-4,6-8,10,13,16,19-21H2,1H3,(H,34,37)/b15-5+/t24-,27+,28+,32-/m0/s1. The second-order valence-electron chi connectivity index (χ2n) is 11.9. The Hall–Kier alpha value is -2.59. The number of nitrogens with zero attached hydrogens (tertiary/aromatic N) is 1. The third kappa shape index (κ3) is 6.64. The Balaban J connectivity index is 1.56. The molecule has 228 valence electrons. The van der Waals surface area contributed by atoms with Crippen LogP contribution >= 0.6 is 11.6 Å². The Morgan fingerprint density at radius 2 is 1.95 bits per heavy atom. The number of aliphatic hydroxyl groups excluding tert-OH is 1. The van der Waals surface area contributed by atoms with Gasteiger partial charge >= 0.3 is 0 Å². The molecule has 0 aromatic heterocycles. The van der Waals surface area contributed by atoms with E-state index < -0.39 is 33.4 Å². The second kappa shape index (κ2) is 13.0. The number of rotatable bonds is 2. The van der Waals surface area contributed by atoms with Gasteiger partial charge in [0, 0.05) is 23.7 Å². The molecule has 2 aromatic rings. The monoisotopic (exact) mass is 616 g/mol. The van der Waals surface area contributed by atoms with Crippen LogP contribution in [0.5, 0.6) is 5.75 Å². The highest BCUT2D eigenvalue weighted by Gasteiger charge is 2.45. The first-order chi connectivity index (χ1) is 20.1. The van der Waals surface area contributed by atoms with Crippen molar-refractivity contribution in [1.82, 2.24) is 4.72 Å². The number of fused-ring (bicyclic) bond motifs is 3. The quantitative estimate of drug-likeness (QED) is 0.407. The smallest absolute Gasteiger partial charge is 0.264 e. The van der Waals surface area contributed by atoms with E-state index in [1.54, 1.807) is 37.3 Å². The zero-order valence-electron chi connectivity index (χ0n) is 24.1. The van der Waals surface area contributed by atoms with Gasteiger partial charge in [0.2, 0.25) is 10.0 Å². The van der Waals surface area contributed by atoms with Crippen molar-refractivity contribution in [1.29, 1.82) is 0 Å². The lowest BCUT2D eigenvalue weighted by molar-refractivity contribution is -0.0768. The SMILES string of the molecule is CC[C@@H]1CC/C=C/[C@](O)(CO)[C@@H]2CC[C@H]2CN2CCCCc3cc(Cl)ccc3COc3ccc(cc32)C(=O)NS1(=O)=O. The summed E-state index contributed by atoms with van der Waals surface area (Å²) in [5, 5.41) is 21.7. The van der Waals surface area contributed by atoms with Gasteiger partial charge in [-0.3, -0.25) is 4.79 Å². The van der Waals surface area contributed by atoms with Crippen LogP contribution in [0.25, 0.3) is 0 Å². The van der Waals surface area contributed by atoms with Crippen molar-refractivity contribution in [2.45, 2.75) is 75.7 Å². The molecule has 0 radical (unpaired) electrons. The molecule has 0 saturated heterocycles. The maximum atomic E-state index is 13.3. The second-order valence-corrected chi connectivity index (χ2v) is 14.3. The molecule has 4 atom stereocenters. The first kappa shape index (κ1) is 30.9. The Morgan fingerprint density at radius 3 is 2.69 bits per heavy atom. The Bertz CT molecular complexity index is 1430. The van der Waals surface area contributed by atoms with Gasteiger partial charge in [-0.15, -0.1) is 0 Å². The fourth-order valence-electron chi connectivity index (χ4n) is 6.52. The number of allylic oxidation sites excluding steroid dienone is 1. The van der Waals surface area contributed by atoms with Crippen molar-refractivity contribution < 1.29 is 28.2 Å². The van der Waals surface area contributed by atoms with Gasteiger partial charge in [-0.25, -0.2) is 13.1 Å². The van der Waals surface area contributed by atoms with E-state index >= 15 is 0 Å². The summed E-state index contributed by atoms with van der Waals surface area (Å²) in [5.41, 5.74) is 1.77. The minimum absolute atomic E-state index is 0.120. The number of aliphatic hydroxyl groups is 2. The van der Waals surface area contributed by atoms with Crippen LogP contribution in [0.15, 0.2) is 48.6 Å². The summed E-state index contributed by atoms with van der Waals surface area (Å²) in [5.74, 6) is -0.0880. The molecule has 2 aromatic carbocycles. The summed E-state index contributed by atoms with van der Waals surface area (Å²) in [6.45, 7) is 3.00. The highest BCUT2D eigenvalue weighted by atomic mass is 35.5. The van der Waals surface area contributed by atoms with E-state index in [4.69, 9.17) is 16.3 Å². The highest BCUT2D eigenvalue weighted by Crippen LogP contribution is 2.44. The van der Waals surface area contributed by atoms with Crippen LogP contribution in [-0.4, -0.2) is 55.1 Å². The highest BCUT2D eigenvalue weighted by molar-refractivity contribution is 7.90. The molecule has 0 spiro atoms. The van der Waals surface area contributed by atoms with Gasteiger partial charge in [0.1, 0.15) is 18.0 Å². The van der Waals surface area contributed by atoms with Crippen molar-refractivity contribution in [3.8, 4) is 5.75 Å². The molecule has 42 heavy (non-hydrogen) atoms. The Morgan fingerprint density at radius 1 is 1.12 bits per heavy atom. The van der Waals surface area contributed by atoms with Gasteiger partial charge in [-0.2, -0.15) is 0 Å². The first-order valence-corrected chi connectivity index (χ1v) is 16.9. The maximum absolute atomic E-state index is 13.3. The van der Waals surface area contributed by atoms with E-state index in [0.717, 1.165) is 43.2 Å². The molecule has 0 unspecified atom stereocenters. The molecule has 5 rings (SSSR count). The lowest BCUT2D eigenvalue weighted by Gasteiger charge is -2.47. The number of benzene rings is 2. The molecule has 2 aliphatic heterocycles. The molecule has 1 amide bonds. The summed E-state index contributed by atoms with van der Waals surface area (Å²) in [4.78, 5) is 15.5. The predicted molar refractivity (Wildman–Crippen MR) is 164 cm³/mol. The number of ether oxygens (including phenoxy) is 1. The lowest BCUT2D eigenvalue weighted by Crippen LogP contribution is -2.52. The summed E-state index contributed by atoms with van der Waals surface area (Å²) in [6, 6.07) is 10.9. The average molecular weight is 617 g/mol. The van der Waals surface area contributed by atoms with Crippen LogP contribution in [0, 0.1) is 11.8 Å². The van der Waals surface area contributed by atoms with Gasteiger partial charge in [0.15, 0.2) is 0 Å². The fourth-order valence-corrected chi connectivity index (χ4v) is 8.14. The van der Waals surface area contributed by atoms with E-state index in [1.807, 2.05) is 18.2 Å². The van der Waals surface area contributed by atoms with Crippen LogP contribution in [0.1, 0.15) is 73.4 Å². The number of amides is 1. The number of hydrogen-bond donors (Lipinski definition) is 3. The van der Waals surface area contributed by atoms with E-state index in [9.17, 15) is 23.4 Å². The fraction of sp³-hybridized carbons (Fsp3) is 0.531. The topological polar surface area (TPSA) is 116 Å². The number of aryl methyl sites for hydroxylation is 1. The summed E-state index contributed by atoms with van der Waals surface area (Å²) < 4.78 is 35.0. The number of anilines is 1. The molecule has 1 fully saturated rings. The zero-order valence-corrected chi connectivity index (χ0v) is 25.7. The first-order valence-electron chi connectivity index (χ1n) is 15.0. The van der Waals surface area contributed by atoms with Crippen molar-refractivity contribution in [3.63, 3.8) is 0 Å². The van der Waals surface area contributed by atoms with Crippen LogP contribution in [0.3, 0.4) is 0 Å². The van der Waals surface area contributed by atoms with E-state index in [1.165, 1.54) is 0 Å². The normalized spacial score (nSPS) is 29.0. The summed E-state index contributed by atoms with van der Waals surface area (Å²) in [6.07, 6.45) is 8.80. The van der Waals surface area contributed by atoms with Crippen molar-refractivity contribution in [2.24, 2.45) is 11.8 Å². The number of carbonyl (C=O) groups excluding carboxylic acids is 1. The van der Waals surface area contributed by atoms with Crippen LogP contribution in [0.2, 0.25) is 5.02 Å². The molecule has 1 saturated carbocycles. The van der Waals surface area contributed by atoms with Gasteiger partial charge < -0.3 is 19.8 Å². The molecule has 3 aliphatic rings. The molecule has 2 heterocycles. The van der Waals surface area contributed by atoms with E-state index in [0.29, 0.717) is 55.4 Å². The largest absolute Gasteiger partial charge is 0.487 e. The summed E-state index contributed by atoms with van der Waals surface area (Å²) >= 11 is 6.30. The molecule has 1 aliphatic carbocycles. The van der Waals surface area contributed by atoms with Crippen LogP contribution < -0.4 is 14.4 Å². The van der Waals surface area contributed by atoms with Crippen LogP contribution in [-0.2, 0) is 23.1 Å². The number of nitrogens with one attached hydrogen (secondary N) is 1. The Kier molecular flexibility index (Phi) is 9.52. The maximum Gasteiger partial charge on any atom is 0.264 e. The van der Waals surface area contributed by atoms with Gasteiger partial charge in [-0.05, 0) is 105 Å². The molecular formula is C32H41ClN2O6S. The van der Waals surface area contributed by atoms with Crippen LogP contribution in [0.4, 0.5) is 5.69 Å². The molecular weight excluding hydrogens is 576 g/mol. The van der Waals surface area contributed by atoms with Crippen molar-refractivity contribution in [3.05, 3.63) is 70.3 Å². The van der Waals surface area contributed by atoms with Gasteiger partial charge in [0.25, 0.3) is 5.91 Å². The minimum Gasteiger partial charge on any atom is -0.487 e. The minimum atomic E-state index is -3.94. The van der Waals surface area contributed by atoms with E-state index in [2.05, 4.69) is 9.62 Å². The molecule has 10 heteroatoms. The van der Waals surface area contributed by atoms with E-state index in [-0.39, 0.29) is 17.4 Å². The van der Waals surface area contributed by atoms with Crippen molar-refractivity contribution >= 4 is 33.2 Å².